The first-order chi connectivity index (χ1) is 11.6. The highest BCUT2D eigenvalue weighted by Crippen LogP contribution is 2.13. The maximum atomic E-state index is 12.3. The van der Waals surface area contributed by atoms with Gasteiger partial charge >= 0.3 is 0 Å². The van der Waals surface area contributed by atoms with Crippen molar-refractivity contribution in [2.75, 3.05) is 55.4 Å². The van der Waals surface area contributed by atoms with Crippen LogP contribution >= 0.6 is 35.7 Å². The SMILES string of the molecule is CCNC(=NCCS(=O)(=O)N1CCSCC1)NC(C)CCS(C)(=O)=O.I. The molecule has 12 heteroatoms. The summed E-state index contributed by atoms with van der Waals surface area (Å²) in [5.41, 5.74) is 0. The Morgan fingerprint density at radius 1 is 1.19 bits per heavy atom. The van der Waals surface area contributed by atoms with Gasteiger partial charge in [0.2, 0.25) is 10.0 Å². The quantitative estimate of drug-likeness (QED) is 0.246. The minimum atomic E-state index is -3.27. The Morgan fingerprint density at radius 3 is 2.35 bits per heavy atom. The van der Waals surface area contributed by atoms with Crippen LogP contribution in [0.1, 0.15) is 20.3 Å². The van der Waals surface area contributed by atoms with Crippen molar-refractivity contribution >= 4 is 61.6 Å². The average molecular weight is 543 g/mol. The molecule has 1 fully saturated rings. The van der Waals surface area contributed by atoms with E-state index in [0.29, 0.717) is 32.0 Å². The van der Waals surface area contributed by atoms with Crippen LogP contribution in [0.2, 0.25) is 0 Å². The highest BCUT2D eigenvalue weighted by molar-refractivity contribution is 14.0. The third-order valence-corrected chi connectivity index (χ3v) is 7.40. The summed E-state index contributed by atoms with van der Waals surface area (Å²) in [6.45, 7) is 5.73. The van der Waals surface area contributed by atoms with E-state index in [1.54, 1.807) is 11.8 Å². The van der Waals surface area contributed by atoms with E-state index >= 15 is 0 Å². The van der Waals surface area contributed by atoms with Crippen LogP contribution in [-0.2, 0) is 19.9 Å². The summed E-state index contributed by atoms with van der Waals surface area (Å²) in [5.74, 6) is 2.26. The predicted octanol–water partition coefficient (Wildman–Crippen LogP) is 0.361. The van der Waals surface area contributed by atoms with Gasteiger partial charge in [-0.15, -0.1) is 24.0 Å². The van der Waals surface area contributed by atoms with Crippen LogP contribution in [0.15, 0.2) is 4.99 Å². The van der Waals surface area contributed by atoms with Crippen LogP contribution in [-0.4, -0.2) is 88.6 Å². The zero-order chi connectivity index (χ0) is 18.9. The standard InChI is InChI=1S/C14H30N4O4S3.HI/c1-4-15-14(17-13(2)5-11-24(3,19)20)16-6-12-25(21,22)18-7-9-23-10-8-18;/h13H,4-12H2,1-3H3,(H2,15,16,17);1H. The van der Waals surface area contributed by atoms with E-state index in [0.717, 1.165) is 11.5 Å². The highest BCUT2D eigenvalue weighted by atomic mass is 127. The van der Waals surface area contributed by atoms with Gasteiger partial charge in [-0.25, -0.2) is 21.1 Å². The molecule has 1 unspecified atom stereocenters. The number of nitrogens with zero attached hydrogens (tertiary/aromatic N) is 2. The fourth-order valence-corrected chi connectivity index (χ4v) is 5.48. The Labute approximate surface area is 179 Å². The molecule has 1 aliphatic rings. The largest absolute Gasteiger partial charge is 0.357 e. The average Bonchev–Trinajstić information content (AvgIpc) is 2.53. The van der Waals surface area contributed by atoms with Crippen molar-refractivity contribution < 1.29 is 16.8 Å². The van der Waals surface area contributed by atoms with Crippen LogP contribution < -0.4 is 10.6 Å². The third-order valence-electron chi connectivity index (χ3n) is 3.63. The van der Waals surface area contributed by atoms with E-state index in [9.17, 15) is 16.8 Å². The Bertz CT molecular complexity index is 635. The van der Waals surface area contributed by atoms with Crippen molar-refractivity contribution in [3.8, 4) is 0 Å². The molecule has 0 bridgehead atoms. The smallest absolute Gasteiger partial charge is 0.215 e. The maximum absolute atomic E-state index is 12.3. The van der Waals surface area contributed by atoms with Crippen LogP contribution in [0.4, 0.5) is 0 Å². The summed E-state index contributed by atoms with van der Waals surface area (Å²) in [5, 5.41) is 6.17. The molecule has 1 aliphatic heterocycles. The third kappa shape index (κ3) is 11.1. The van der Waals surface area contributed by atoms with Crippen molar-refractivity contribution in [3.05, 3.63) is 0 Å². The molecular weight excluding hydrogens is 511 g/mol. The molecule has 8 nitrogen and oxygen atoms in total. The molecule has 1 rings (SSSR count). The summed E-state index contributed by atoms with van der Waals surface area (Å²) in [6, 6.07) is -0.0803. The first-order valence-electron chi connectivity index (χ1n) is 8.42. The van der Waals surface area contributed by atoms with Gasteiger partial charge in [-0.3, -0.25) is 4.99 Å². The molecule has 0 amide bonds. The number of guanidine groups is 1. The zero-order valence-electron chi connectivity index (χ0n) is 15.6. The van der Waals surface area contributed by atoms with E-state index in [2.05, 4.69) is 15.6 Å². The number of aliphatic imine (C=N–C) groups is 1. The normalized spacial score (nSPS) is 18.0. The van der Waals surface area contributed by atoms with Crippen LogP contribution in [0.5, 0.6) is 0 Å². The fraction of sp³-hybridized carbons (Fsp3) is 0.929. The molecule has 0 radical (unpaired) electrons. The van der Waals surface area contributed by atoms with Gasteiger partial charge in [0.1, 0.15) is 9.84 Å². The first-order valence-corrected chi connectivity index (χ1v) is 13.2. The summed E-state index contributed by atoms with van der Waals surface area (Å²) in [7, 11) is -6.28. The lowest BCUT2D eigenvalue weighted by atomic mass is 10.3. The molecule has 0 saturated carbocycles. The van der Waals surface area contributed by atoms with E-state index in [4.69, 9.17) is 0 Å². The van der Waals surface area contributed by atoms with Gasteiger partial charge < -0.3 is 10.6 Å². The summed E-state index contributed by atoms with van der Waals surface area (Å²) < 4.78 is 48.6. The molecule has 0 aromatic carbocycles. The molecule has 0 aromatic heterocycles. The molecule has 1 atom stereocenters. The van der Waals surface area contributed by atoms with Crippen LogP contribution in [0.3, 0.4) is 0 Å². The number of halogens is 1. The molecule has 0 aliphatic carbocycles. The molecule has 26 heavy (non-hydrogen) atoms. The number of rotatable bonds is 9. The lowest BCUT2D eigenvalue weighted by Gasteiger charge is -2.25. The second-order valence-electron chi connectivity index (χ2n) is 6.05. The first kappa shape index (κ1) is 26.2. The van der Waals surface area contributed by atoms with Gasteiger partial charge in [-0.2, -0.15) is 11.8 Å². The van der Waals surface area contributed by atoms with Gasteiger partial charge in [0.15, 0.2) is 5.96 Å². The molecule has 2 N–H and O–H groups in total. The molecule has 156 valence electrons. The second-order valence-corrected chi connectivity index (χ2v) is 11.6. The minimum Gasteiger partial charge on any atom is -0.357 e. The fourth-order valence-electron chi connectivity index (χ4n) is 2.24. The zero-order valence-corrected chi connectivity index (χ0v) is 20.4. The molecule has 1 saturated heterocycles. The van der Waals surface area contributed by atoms with Gasteiger partial charge in [0, 0.05) is 43.4 Å². The van der Waals surface area contributed by atoms with Gasteiger partial charge in [0.05, 0.1) is 18.1 Å². The minimum absolute atomic E-state index is 0. The lowest BCUT2D eigenvalue weighted by molar-refractivity contribution is 0.444. The van der Waals surface area contributed by atoms with Crippen molar-refractivity contribution in [3.63, 3.8) is 0 Å². The van der Waals surface area contributed by atoms with Crippen molar-refractivity contribution in [1.29, 1.82) is 0 Å². The van der Waals surface area contributed by atoms with Crippen molar-refractivity contribution in [2.45, 2.75) is 26.3 Å². The van der Waals surface area contributed by atoms with Crippen LogP contribution in [0.25, 0.3) is 0 Å². The number of hydrogen-bond acceptors (Lipinski definition) is 6. The Morgan fingerprint density at radius 2 is 1.81 bits per heavy atom. The Balaban J connectivity index is 0.00000625. The van der Waals surface area contributed by atoms with Gasteiger partial charge in [-0.1, -0.05) is 0 Å². The lowest BCUT2D eigenvalue weighted by Crippen LogP contribution is -2.43. The molecule has 0 aromatic rings. The molecule has 0 spiro atoms. The van der Waals surface area contributed by atoms with E-state index in [-0.39, 0.29) is 48.1 Å². The number of sulfonamides is 1. The number of thioether (sulfide) groups is 1. The van der Waals surface area contributed by atoms with E-state index < -0.39 is 19.9 Å². The van der Waals surface area contributed by atoms with Gasteiger partial charge in [-0.05, 0) is 20.3 Å². The second kappa shape index (κ2) is 12.6. The van der Waals surface area contributed by atoms with Crippen LogP contribution in [0, 0.1) is 0 Å². The van der Waals surface area contributed by atoms with E-state index in [1.165, 1.54) is 10.6 Å². The monoisotopic (exact) mass is 542 g/mol. The highest BCUT2D eigenvalue weighted by Gasteiger charge is 2.23. The van der Waals surface area contributed by atoms with Crippen molar-refractivity contribution in [2.24, 2.45) is 4.99 Å². The van der Waals surface area contributed by atoms with E-state index in [1.807, 2.05) is 13.8 Å². The topological polar surface area (TPSA) is 108 Å². The van der Waals surface area contributed by atoms with Crippen molar-refractivity contribution in [1.82, 2.24) is 14.9 Å². The Hall–Kier alpha value is 0.210. The number of sulfone groups is 1. The number of nitrogens with one attached hydrogen (secondary N) is 2. The summed E-state index contributed by atoms with van der Waals surface area (Å²) >= 11 is 1.77. The predicted molar refractivity (Wildman–Crippen MR) is 121 cm³/mol. The molecule has 1 heterocycles. The molecular formula is C14H31IN4O4S3. The summed E-state index contributed by atoms with van der Waals surface area (Å²) in [4.78, 5) is 4.31. The Kier molecular flexibility index (Phi) is 12.7. The maximum Gasteiger partial charge on any atom is 0.215 e. The van der Waals surface area contributed by atoms with Gasteiger partial charge in [0.25, 0.3) is 0 Å². The summed E-state index contributed by atoms with van der Waals surface area (Å²) in [6.07, 6.45) is 1.68. The number of hydrogen-bond donors (Lipinski definition) is 2.